The van der Waals surface area contributed by atoms with Crippen molar-refractivity contribution in [2.45, 2.75) is 19.4 Å². The second-order valence-corrected chi connectivity index (χ2v) is 3.99. The maximum atomic E-state index is 13.2. The molecule has 1 rings (SSSR count). The van der Waals surface area contributed by atoms with Gasteiger partial charge in [0, 0.05) is 12.1 Å². The molecule has 0 aliphatic heterocycles. The highest BCUT2D eigenvalue weighted by Gasteiger charge is 2.21. The largest absolute Gasteiger partial charge is 0.468 e. The summed E-state index contributed by atoms with van der Waals surface area (Å²) >= 11 is 2.85. The molecular weight excluding hydrogens is 295 g/mol. The second kappa shape index (κ2) is 5.59. The van der Waals surface area contributed by atoms with Gasteiger partial charge >= 0.3 is 5.69 Å². The third-order valence-corrected chi connectivity index (χ3v) is 2.59. The number of nitrogens with zero attached hydrogens (tertiary/aromatic N) is 2. The lowest BCUT2D eigenvalue weighted by molar-refractivity contribution is -0.386. The summed E-state index contributed by atoms with van der Waals surface area (Å²) in [5.74, 6) is -0.928. The lowest BCUT2D eigenvalue weighted by Gasteiger charge is -2.10. The third-order valence-electron chi connectivity index (χ3n) is 1.98. The molecule has 0 aliphatic rings. The smallest absolute Gasteiger partial charge is 0.312 e. The third kappa shape index (κ3) is 3.14. The maximum absolute atomic E-state index is 13.2. The average molecular weight is 303 g/mol. The molecule has 0 aliphatic carbocycles. The van der Waals surface area contributed by atoms with E-state index in [1.54, 1.807) is 6.92 Å². The molecule has 1 atom stereocenters. The lowest BCUT2D eigenvalue weighted by atomic mass is 10.2. The van der Waals surface area contributed by atoms with Crippen LogP contribution in [0, 0.1) is 27.3 Å². The van der Waals surface area contributed by atoms with E-state index < -0.39 is 16.8 Å². The zero-order valence-electron chi connectivity index (χ0n) is 8.81. The summed E-state index contributed by atoms with van der Waals surface area (Å²) in [6, 6.07) is 3.72. The van der Waals surface area contributed by atoms with Crippen LogP contribution in [0.15, 0.2) is 16.6 Å². The van der Waals surface area contributed by atoms with Gasteiger partial charge in [0.15, 0.2) is 6.10 Å². The summed E-state index contributed by atoms with van der Waals surface area (Å²) in [6.45, 7) is 1.69. The quantitative estimate of drug-likeness (QED) is 0.632. The Labute approximate surface area is 105 Å². The Morgan fingerprint density at radius 3 is 2.82 bits per heavy atom. The Bertz CT molecular complexity index is 487. The first kappa shape index (κ1) is 13.4. The van der Waals surface area contributed by atoms with Gasteiger partial charge in [-0.2, -0.15) is 5.26 Å². The molecule has 7 heteroatoms. The maximum Gasteiger partial charge on any atom is 0.312 e. The van der Waals surface area contributed by atoms with Gasteiger partial charge in [-0.1, -0.05) is 6.92 Å². The van der Waals surface area contributed by atoms with Gasteiger partial charge in [-0.25, -0.2) is 4.39 Å². The molecule has 1 unspecified atom stereocenters. The van der Waals surface area contributed by atoms with Gasteiger partial charge in [-0.15, -0.1) is 0 Å². The highest BCUT2D eigenvalue weighted by Crippen LogP contribution is 2.33. The van der Waals surface area contributed by atoms with Crippen molar-refractivity contribution in [1.82, 2.24) is 0 Å². The second-order valence-electron chi connectivity index (χ2n) is 3.13. The van der Waals surface area contributed by atoms with Crippen molar-refractivity contribution in [2.24, 2.45) is 0 Å². The van der Waals surface area contributed by atoms with E-state index in [1.165, 1.54) is 0 Å². The van der Waals surface area contributed by atoms with E-state index in [0.29, 0.717) is 6.42 Å². The van der Waals surface area contributed by atoms with E-state index in [4.69, 9.17) is 10.00 Å². The van der Waals surface area contributed by atoms with Crippen LogP contribution in [0.1, 0.15) is 13.3 Å². The molecule has 5 nitrogen and oxygen atoms in total. The Kier molecular flexibility index (Phi) is 4.40. The Balaban J connectivity index is 3.18. The van der Waals surface area contributed by atoms with Crippen molar-refractivity contribution in [3.63, 3.8) is 0 Å². The minimum Gasteiger partial charge on any atom is -0.468 e. The van der Waals surface area contributed by atoms with E-state index in [1.807, 2.05) is 6.07 Å². The molecule has 0 aromatic heterocycles. The number of ether oxygens (including phenoxy) is 1. The van der Waals surface area contributed by atoms with Crippen molar-refractivity contribution in [2.75, 3.05) is 0 Å². The van der Waals surface area contributed by atoms with Crippen LogP contribution in [0.25, 0.3) is 0 Å². The van der Waals surface area contributed by atoms with Crippen molar-refractivity contribution >= 4 is 21.6 Å². The molecule has 0 bridgehead atoms. The molecule has 0 radical (unpaired) electrons. The van der Waals surface area contributed by atoms with Gasteiger partial charge in [-0.05, 0) is 22.4 Å². The van der Waals surface area contributed by atoms with Crippen LogP contribution >= 0.6 is 15.9 Å². The molecule has 90 valence electrons. The molecule has 0 saturated carbocycles. The Morgan fingerprint density at radius 2 is 2.35 bits per heavy atom. The van der Waals surface area contributed by atoms with E-state index in [0.717, 1.165) is 12.1 Å². The first-order chi connectivity index (χ1) is 7.99. The number of halogens is 2. The van der Waals surface area contributed by atoms with Crippen LogP contribution in [0.4, 0.5) is 10.1 Å². The van der Waals surface area contributed by atoms with Crippen LogP contribution in [0.2, 0.25) is 0 Å². The zero-order valence-corrected chi connectivity index (χ0v) is 10.4. The van der Waals surface area contributed by atoms with Gasteiger partial charge in [0.25, 0.3) is 0 Å². The molecule has 0 saturated heterocycles. The number of hydrogen-bond donors (Lipinski definition) is 0. The fraction of sp³-hybridized carbons (Fsp3) is 0.300. The summed E-state index contributed by atoms with van der Waals surface area (Å²) in [5, 5.41) is 19.4. The zero-order chi connectivity index (χ0) is 13.0. The van der Waals surface area contributed by atoms with E-state index >= 15 is 0 Å². The summed E-state index contributed by atoms with van der Waals surface area (Å²) in [7, 11) is 0. The molecule has 0 amide bonds. The highest BCUT2D eigenvalue weighted by atomic mass is 79.9. The highest BCUT2D eigenvalue weighted by molar-refractivity contribution is 9.10. The summed E-state index contributed by atoms with van der Waals surface area (Å²) in [5.41, 5.74) is -0.382. The number of benzene rings is 1. The van der Waals surface area contributed by atoms with Crippen molar-refractivity contribution in [1.29, 1.82) is 5.26 Å². The van der Waals surface area contributed by atoms with E-state index in [9.17, 15) is 14.5 Å². The van der Waals surface area contributed by atoms with Crippen molar-refractivity contribution in [3.05, 3.63) is 32.5 Å². The monoisotopic (exact) mass is 302 g/mol. The molecular formula is C10H8BrFN2O3. The molecule has 0 heterocycles. The van der Waals surface area contributed by atoms with Crippen LogP contribution in [-0.4, -0.2) is 11.0 Å². The summed E-state index contributed by atoms with van der Waals surface area (Å²) in [6.07, 6.45) is -0.486. The molecule has 17 heavy (non-hydrogen) atoms. The standard InChI is InChI=1S/C10H8BrFN2O3/c1-2-6(5-13)17-10-4-8(12)7(11)3-9(10)14(15)16/h3-4,6H,2H2,1H3. The predicted octanol–water partition coefficient (Wildman–Crippen LogP) is 3.18. The van der Waals surface area contributed by atoms with Gasteiger partial charge in [0.1, 0.15) is 11.9 Å². The molecule has 0 spiro atoms. The van der Waals surface area contributed by atoms with Crippen LogP contribution in [-0.2, 0) is 0 Å². The van der Waals surface area contributed by atoms with E-state index in [-0.39, 0.29) is 15.9 Å². The fourth-order valence-electron chi connectivity index (χ4n) is 1.11. The van der Waals surface area contributed by atoms with Crippen LogP contribution in [0.5, 0.6) is 5.75 Å². The SMILES string of the molecule is CCC(C#N)Oc1cc(F)c(Br)cc1[N+](=O)[O-]. The van der Waals surface area contributed by atoms with Crippen molar-refractivity contribution in [3.8, 4) is 11.8 Å². The van der Waals surface area contributed by atoms with Crippen LogP contribution < -0.4 is 4.74 Å². The number of rotatable bonds is 4. The number of nitro groups is 1. The minimum absolute atomic E-state index is 0.0263. The van der Waals surface area contributed by atoms with E-state index in [2.05, 4.69) is 15.9 Å². The average Bonchev–Trinajstić information content (AvgIpc) is 2.29. The number of nitro benzene ring substituents is 1. The first-order valence-electron chi connectivity index (χ1n) is 4.69. The topological polar surface area (TPSA) is 76.2 Å². The molecule has 0 N–H and O–H groups in total. The first-order valence-corrected chi connectivity index (χ1v) is 5.48. The number of hydrogen-bond acceptors (Lipinski definition) is 4. The fourth-order valence-corrected chi connectivity index (χ4v) is 1.44. The van der Waals surface area contributed by atoms with Gasteiger partial charge < -0.3 is 4.74 Å². The van der Waals surface area contributed by atoms with Crippen LogP contribution in [0.3, 0.4) is 0 Å². The molecule has 0 fully saturated rings. The normalized spacial score (nSPS) is 11.6. The Morgan fingerprint density at radius 1 is 1.71 bits per heavy atom. The summed E-state index contributed by atoms with van der Waals surface area (Å²) < 4.78 is 18.3. The Hall–Kier alpha value is -1.68. The minimum atomic E-state index is -0.839. The molecule has 1 aromatic rings. The summed E-state index contributed by atoms with van der Waals surface area (Å²) in [4.78, 5) is 10.1. The van der Waals surface area contributed by atoms with Gasteiger partial charge in [0.05, 0.1) is 9.40 Å². The lowest BCUT2D eigenvalue weighted by Crippen LogP contribution is -2.13. The molecule has 1 aromatic carbocycles. The van der Waals surface area contributed by atoms with Gasteiger partial charge in [-0.3, -0.25) is 10.1 Å². The van der Waals surface area contributed by atoms with Crippen molar-refractivity contribution < 1.29 is 14.1 Å². The van der Waals surface area contributed by atoms with Gasteiger partial charge in [0.2, 0.25) is 5.75 Å². The predicted molar refractivity (Wildman–Crippen MR) is 61.1 cm³/mol. The number of nitriles is 1.